The number of nitrogens with one attached hydrogen (secondary N) is 1. The Bertz CT molecular complexity index is 504. The lowest BCUT2D eigenvalue weighted by Crippen LogP contribution is -2.46. The van der Waals surface area contributed by atoms with Crippen LogP contribution in [0.3, 0.4) is 0 Å². The third kappa shape index (κ3) is 3.07. The molecule has 0 aliphatic heterocycles. The molecule has 20 heavy (non-hydrogen) atoms. The normalized spacial score (nSPS) is 21.5. The first-order valence-corrected chi connectivity index (χ1v) is 6.51. The molecule has 1 aromatic carbocycles. The molecule has 1 aliphatic rings. The van der Waals surface area contributed by atoms with Crippen LogP contribution in [0.1, 0.15) is 19.3 Å². The number of hydrogen-bond acceptors (Lipinski definition) is 2. The fourth-order valence-electron chi connectivity index (χ4n) is 2.47. The average Bonchev–Trinajstić information content (AvgIpc) is 2.87. The van der Waals surface area contributed by atoms with E-state index >= 15 is 0 Å². The van der Waals surface area contributed by atoms with Crippen LogP contribution in [0.15, 0.2) is 24.3 Å². The number of halogens is 1. The maximum atomic E-state index is 12.8. The molecular formula is C14H17FN2O3. The van der Waals surface area contributed by atoms with Gasteiger partial charge >= 0.3 is 12.0 Å². The van der Waals surface area contributed by atoms with Crippen LogP contribution in [0.2, 0.25) is 0 Å². The number of rotatable bonds is 3. The second-order valence-corrected chi connectivity index (χ2v) is 4.97. The van der Waals surface area contributed by atoms with Gasteiger partial charge in [-0.2, -0.15) is 0 Å². The minimum atomic E-state index is -0.878. The van der Waals surface area contributed by atoms with Gasteiger partial charge in [-0.3, -0.25) is 9.69 Å². The van der Waals surface area contributed by atoms with Crippen molar-refractivity contribution in [2.24, 2.45) is 5.92 Å². The van der Waals surface area contributed by atoms with Gasteiger partial charge in [0.05, 0.1) is 5.92 Å². The largest absolute Gasteiger partial charge is 0.481 e. The van der Waals surface area contributed by atoms with E-state index in [1.54, 1.807) is 7.05 Å². The van der Waals surface area contributed by atoms with Crippen molar-refractivity contribution in [1.29, 1.82) is 0 Å². The average molecular weight is 280 g/mol. The van der Waals surface area contributed by atoms with Crippen molar-refractivity contribution >= 4 is 17.7 Å². The number of hydrogen-bond donors (Lipinski definition) is 2. The Balaban J connectivity index is 2.00. The molecule has 6 heteroatoms. The summed E-state index contributed by atoms with van der Waals surface area (Å²) in [5.74, 6) is -1.78. The summed E-state index contributed by atoms with van der Waals surface area (Å²) < 4.78 is 12.8. The highest BCUT2D eigenvalue weighted by atomic mass is 19.1. The topological polar surface area (TPSA) is 69.6 Å². The fraction of sp³-hybridized carbons (Fsp3) is 0.429. The van der Waals surface area contributed by atoms with Crippen LogP contribution in [0.25, 0.3) is 0 Å². The Morgan fingerprint density at radius 3 is 2.55 bits per heavy atom. The highest BCUT2D eigenvalue weighted by molar-refractivity contribution is 5.91. The number of anilines is 1. The molecule has 0 heterocycles. The van der Waals surface area contributed by atoms with E-state index in [-0.39, 0.29) is 17.9 Å². The van der Waals surface area contributed by atoms with Gasteiger partial charge in [0.1, 0.15) is 5.82 Å². The second kappa shape index (κ2) is 5.90. The van der Waals surface area contributed by atoms with Gasteiger partial charge in [0.15, 0.2) is 0 Å². The van der Waals surface area contributed by atoms with Crippen LogP contribution >= 0.6 is 0 Å². The molecule has 108 valence electrons. The molecule has 0 radical (unpaired) electrons. The molecular weight excluding hydrogens is 263 g/mol. The van der Waals surface area contributed by atoms with Gasteiger partial charge in [-0.05, 0) is 37.1 Å². The molecule has 2 amide bonds. The minimum Gasteiger partial charge on any atom is -0.481 e. The zero-order valence-electron chi connectivity index (χ0n) is 11.2. The number of amides is 2. The van der Waals surface area contributed by atoms with Crippen molar-refractivity contribution in [3.63, 3.8) is 0 Å². The van der Waals surface area contributed by atoms with E-state index in [1.807, 2.05) is 0 Å². The van der Waals surface area contributed by atoms with Gasteiger partial charge in [-0.25, -0.2) is 9.18 Å². The van der Waals surface area contributed by atoms with Crippen LogP contribution in [-0.2, 0) is 4.79 Å². The van der Waals surface area contributed by atoms with Crippen LogP contribution in [0, 0.1) is 11.7 Å². The molecule has 1 aliphatic carbocycles. The molecule has 1 saturated carbocycles. The maximum Gasteiger partial charge on any atom is 0.321 e. The summed E-state index contributed by atoms with van der Waals surface area (Å²) in [5.41, 5.74) is 0.550. The standard InChI is InChI=1S/C14H17FN2O3/c1-17(10-7-5-9(15)6-8-10)14(20)16-12-4-2-3-11(12)13(18)19/h5-8,11-12H,2-4H2,1H3,(H,16,20)(H,18,19). The molecule has 0 saturated heterocycles. The fourth-order valence-corrected chi connectivity index (χ4v) is 2.47. The first-order chi connectivity index (χ1) is 9.49. The summed E-state index contributed by atoms with van der Waals surface area (Å²) in [6.45, 7) is 0. The number of nitrogens with zero attached hydrogens (tertiary/aromatic N) is 1. The van der Waals surface area contributed by atoms with E-state index in [0.29, 0.717) is 18.5 Å². The number of aliphatic carboxylic acids is 1. The second-order valence-electron chi connectivity index (χ2n) is 4.97. The van der Waals surface area contributed by atoms with E-state index in [0.717, 1.165) is 6.42 Å². The van der Waals surface area contributed by atoms with Crippen molar-refractivity contribution < 1.29 is 19.1 Å². The SMILES string of the molecule is CN(C(=O)NC1CCCC1C(=O)O)c1ccc(F)cc1. The number of carboxylic acid groups (broad SMARTS) is 1. The van der Waals surface area contributed by atoms with E-state index in [4.69, 9.17) is 5.11 Å². The predicted molar refractivity (Wildman–Crippen MR) is 72.1 cm³/mol. The summed E-state index contributed by atoms with van der Waals surface area (Å²) in [6, 6.07) is 4.82. The zero-order valence-corrected chi connectivity index (χ0v) is 11.2. The Hall–Kier alpha value is -2.11. The van der Waals surface area contributed by atoms with Crippen LogP contribution < -0.4 is 10.2 Å². The van der Waals surface area contributed by atoms with Gasteiger partial charge in [0.25, 0.3) is 0 Å². The lowest BCUT2D eigenvalue weighted by molar-refractivity contribution is -0.142. The highest BCUT2D eigenvalue weighted by Gasteiger charge is 2.34. The number of urea groups is 1. The highest BCUT2D eigenvalue weighted by Crippen LogP contribution is 2.26. The number of benzene rings is 1. The summed E-state index contributed by atoms with van der Waals surface area (Å²) in [7, 11) is 1.56. The lowest BCUT2D eigenvalue weighted by Gasteiger charge is -2.23. The predicted octanol–water partition coefficient (Wildman–Crippen LogP) is 2.22. The number of carbonyl (C=O) groups excluding carboxylic acids is 1. The Labute approximate surface area is 116 Å². The third-order valence-corrected chi connectivity index (χ3v) is 3.66. The molecule has 2 N–H and O–H groups in total. The van der Waals surface area contributed by atoms with E-state index in [1.165, 1.54) is 29.2 Å². The molecule has 1 aromatic rings. The number of carbonyl (C=O) groups is 2. The Morgan fingerprint density at radius 2 is 1.95 bits per heavy atom. The molecule has 0 aromatic heterocycles. The number of carboxylic acids is 1. The van der Waals surface area contributed by atoms with Crippen LogP contribution in [0.5, 0.6) is 0 Å². The summed E-state index contributed by atoms with van der Waals surface area (Å²) in [6.07, 6.45) is 2.04. The van der Waals surface area contributed by atoms with E-state index in [2.05, 4.69) is 5.32 Å². The monoisotopic (exact) mass is 280 g/mol. The minimum absolute atomic E-state index is 0.345. The van der Waals surface area contributed by atoms with Crippen molar-refractivity contribution in [3.05, 3.63) is 30.1 Å². The summed E-state index contributed by atoms with van der Waals surface area (Å²) in [5, 5.41) is 11.8. The van der Waals surface area contributed by atoms with Crippen molar-refractivity contribution in [2.45, 2.75) is 25.3 Å². The first-order valence-electron chi connectivity index (χ1n) is 6.51. The van der Waals surface area contributed by atoms with Crippen molar-refractivity contribution in [2.75, 3.05) is 11.9 Å². The first kappa shape index (κ1) is 14.3. The molecule has 0 bridgehead atoms. The van der Waals surface area contributed by atoms with Gasteiger partial charge in [-0.1, -0.05) is 6.42 Å². The lowest BCUT2D eigenvalue weighted by atomic mass is 10.0. The smallest absolute Gasteiger partial charge is 0.321 e. The van der Waals surface area contributed by atoms with Crippen molar-refractivity contribution in [3.8, 4) is 0 Å². The molecule has 2 atom stereocenters. The molecule has 2 rings (SSSR count). The van der Waals surface area contributed by atoms with Gasteiger partial charge in [-0.15, -0.1) is 0 Å². The van der Waals surface area contributed by atoms with E-state index in [9.17, 15) is 14.0 Å². The Morgan fingerprint density at radius 1 is 1.30 bits per heavy atom. The van der Waals surface area contributed by atoms with E-state index < -0.39 is 11.9 Å². The Kier molecular flexibility index (Phi) is 4.22. The molecule has 1 fully saturated rings. The molecule has 5 nitrogen and oxygen atoms in total. The third-order valence-electron chi connectivity index (χ3n) is 3.66. The molecule has 2 unspecified atom stereocenters. The van der Waals surface area contributed by atoms with Crippen molar-refractivity contribution in [1.82, 2.24) is 5.32 Å². The zero-order chi connectivity index (χ0) is 14.7. The summed E-state index contributed by atoms with van der Waals surface area (Å²) >= 11 is 0. The van der Waals surface area contributed by atoms with Gasteiger partial charge < -0.3 is 10.4 Å². The quantitative estimate of drug-likeness (QED) is 0.892. The van der Waals surface area contributed by atoms with Crippen LogP contribution in [-0.4, -0.2) is 30.2 Å². The van der Waals surface area contributed by atoms with Gasteiger partial charge in [0.2, 0.25) is 0 Å². The molecule has 0 spiro atoms. The van der Waals surface area contributed by atoms with Crippen LogP contribution in [0.4, 0.5) is 14.9 Å². The maximum absolute atomic E-state index is 12.8. The van der Waals surface area contributed by atoms with Gasteiger partial charge in [0, 0.05) is 18.8 Å². The summed E-state index contributed by atoms with van der Waals surface area (Å²) in [4.78, 5) is 24.5.